The SMILES string of the molecule is Cc1cccc(-c2noc(CCN(C(=O)Cc3ccc(F)cc3)C(C)C)n2)c1. The molecule has 0 aliphatic carbocycles. The van der Waals surface area contributed by atoms with Gasteiger partial charge in [0.25, 0.3) is 0 Å². The van der Waals surface area contributed by atoms with E-state index in [4.69, 9.17) is 4.52 Å². The molecule has 3 aromatic rings. The van der Waals surface area contributed by atoms with Gasteiger partial charge >= 0.3 is 0 Å². The molecule has 3 rings (SSSR count). The molecule has 1 aromatic heterocycles. The third-order valence-corrected chi connectivity index (χ3v) is 4.52. The van der Waals surface area contributed by atoms with Gasteiger partial charge in [0.1, 0.15) is 5.82 Å². The number of carbonyl (C=O) groups excluding carboxylic acids is 1. The summed E-state index contributed by atoms with van der Waals surface area (Å²) < 4.78 is 18.4. The van der Waals surface area contributed by atoms with E-state index >= 15 is 0 Å². The molecule has 0 spiro atoms. The fourth-order valence-electron chi connectivity index (χ4n) is 3.02. The first kappa shape index (κ1) is 19.7. The third kappa shape index (κ3) is 5.03. The standard InChI is InChI=1S/C22H24FN3O2/c1-15(2)26(21(27)14-17-7-9-19(23)10-8-17)12-11-20-24-22(25-28-20)18-6-4-5-16(3)13-18/h4-10,13,15H,11-12,14H2,1-3H3. The summed E-state index contributed by atoms with van der Waals surface area (Å²) in [5.41, 5.74) is 2.82. The Labute approximate surface area is 164 Å². The maximum absolute atomic E-state index is 13.0. The van der Waals surface area contributed by atoms with E-state index in [0.717, 1.165) is 16.7 Å². The van der Waals surface area contributed by atoms with Crippen LogP contribution in [0.2, 0.25) is 0 Å². The van der Waals surface area contributed by atoms with Crippen molar-refractivity contribution in [2.24, 2.45) is 0 Å². The van der Waals surface area contributed by atoms with Crippen molar-refractivity contribution in [3.63, 3.8) is 0 Å². The van der Waals surface area contributed by atoms with Crippen LogP contribution < -0.4 is 0 Å². The smallest absolute Gasteiger partial charge is 0.228 e. The molecule has 0 unspecified atom stereocenters. The highest BCUT2D eigenvalue weighted by atomic mass is 19.1. The van der Waals surface area contributed by atoms with E-state index in [0.29, 0.717) is 24.7 Å². The van der Waals surface area contributed by atoms with Crippen LogP contribution in [0, 0.1) is 12.7 Å². The van der Waals surface area contributed by atoms with E-state index in [1.54, 1.807) is 17.0 Å². The first-order valence-corrected chi connectivity index (χ1v) is 9.36. The molecule has 0 aliphatic heterocycles. The Hall–Kier alpha value is -3.02. The summed E-state index contributed by atoms with van der Waals surface area (Å²) in [7, 11) is 0. The number of aromatic nitrogens is 2. The Bertz CT molecular complexity index is 935. The second-order valence-corrected chi connectivity index (χ2v) is 7.12. The second-order valence-electron chi connectivity index (χ2n) is 7.12. The molecule has 1 heterocycles. The van der Waals surface area contributed by atoms with Gasteiger partial charge in [-0.2, -0.15) is 4.98 Å². The molecule has 0 saturated carbocycles. The van der Waals surface area contributed by atoms with Gasteiger partial charge in [0.2, 0.25) is 17.6 Å². The minimum absolute atomic E-state index is 0.0139. The number of aryl methyl sites for hydroxylation is 1. The van der Waals surface area contributed by atoms with Gasteiger partial charge in [-0.1, -0.05) is 41.1 Å². The number of benzene rings is 2. The topological polar surface area (TPSA) is 59.2 Å². The molecule has 0 N–H and O–H groups in total. The number of amides is 1. The Morgan fingerprint density at radius 2 is 1.93 bits per heavy atom. The molecule has 28 heavy (non-hydrogen) atoms. The van der Waals surface area contributed by atoms with E-state index < -0.39 is 0 Å². The summed E-state index contributed by atoms with van der Waals surface area (Å²) in [5.74, 6) is 0.724. The van der Waals surface area contributed by atoms with E-state index in [1.165, 1.54) is 12.1 Å². The number of hydrogen-bond acceptors (Lipinski definition) is 4. The van der Waals surface area contributed by atoms with Crippen LogP contribution in [-0.2, 0) is 17.6 Å². The highest BCUT2D eigenvalue weighted by Gasteiger charge is 2.19. The van der Waals surface area contributed by atoms with Crippen LogP contribution in [0.4, 0.5) is 4.39 Å². The zero-order valence-corrected chi connectivity index (χ0v) is 16.4. The van der Waals surface area contributed by atoms with E-state index in [-0.39, 0.29) is 24.2 Å². The van der Waals surface area contributed by atoms with Gasteiger partial charge < -0.3 is 9.42 Å². The van der Waals surface area contributed by atoms with Crippen LogP contribution >= 0.6 is 0 Å². The van der Waals surface area contributed by atoms with Gasteiger partial charge in [-0.25, -0.2) is 4.39 Å². The highest BCUT2D eigenvalue weighted by Crippen LogP contribution is 2.17. The summed E-state index contributed by atoms with van der Waals surface area (Å²) in [5, 5.41) is 4.05. The fraction of sp³-hybridized carbons (Fsp3) is 0.318. The van der Waals surface area contributed by atoms with Crippen LogP contribution in [0.15, 0.2) is 53.1 Å². The lowest BCUT2D eigenvalue weighted by atomic mass is 10.1. The Morgan fingerprint density at radius 1 is 1.18 bits per heavy atom. The van der Waals surface area contributed by atoms with Gasteiger partial charge in [0.05, 0.1) is 6.42 Å². The number of rotatable bonds is 7. The fourth-order valence-corrected chi connectivity index (χ4v) is 3.02. The Balaban J connectivity index is 1.63. The zero-order chi connectivity index (χ0) is 20.1. The van der Waals surface area contributed by atoms with Crippen molar-refractivity contribution in [1.82, 2.24) is 15.0 Å². The minimum Gasteiger partial charge on any atom is -0.339 e. The van der Waals surface area contributed by atoms with E-state index in [1.807, 2.05) is 45.0 Å². The van der Waals surface area contributed by atoms with Crippen LogP contribution in [0.1, 0.15) is 30.9 Å². The van der Waals surface area contributed by atoms with Gasteiger partial charge in [0, 0.05) is 24.6 Å². The number of nitrogens with zero attached hydrogens (tertiary/aromatic N) is 3. The first-order chi connectivity index (χ1) is 13.4. The molecule has 0 aliphatic rings. The summed E-state index contributed by atoms with van der Waals surface area (Å²) in [6.45, 7) is 6.42. The summed E-state index contributed by atoms with van der Waals surface area (Å²) in [6, 6.07) is 14.0. The third-order valence-electron chi connectivity index (χ3n) is 4.52. The van der Waals surface area contributed by atoms with Gasteiger partial charge in [-0.05, 0) is 44.5 Å². The van der Waals surface area contributed by atoms with Crippen LogP contribution in [0.25, 0.3) is 11.4 Å². The summed E-state index contributed by atoms with van der Waals surface area (Å²) in [4.78, 5) is 18.9. The molecule has 0 bridgehead atoms. The Morgan fingerprint density at radius 3 is 2.61 bits per heavy atom. The predicted octanol–water partition coefficient (Wildman–Crippen LogP) is 4.21. The molecule has 146 valence electrons. The van der Waals surface area contributed by atoms with Crippen molar-refractivity contribution >= 4 is 5.91 Å². The normalized spacial score (nSPS) is 11.0. The van der Waals surface area contributed by atoms with E-state index in [2.05, 4.69) is 10.1 Å². The molecule has 0 saturated heterocycles. The number of carbonyl (C=O) groups is 1. The van der Waals surface area contributed by atoms with Crippen molar-refractivity contribution < 1.29 is 13.7 Å². The maximum atomic E-state index is 13.0. The van der Waals surface area contributed by atoms with Crippen molar-refractivity contribution in [2.75, 3.05) is 6.54 Å². The quantitative estimate of drug-likeness (QED) is 0.615. The minimum atomic E-state index is -0.308. The predicted molar refractivity (Wildman–Crippen MR) is 105 cm³/mol. The summed E-state index contributed by atoms with van der Waals surface area (Å²) in [6.07, 6.45) is 0.711. The molecular formula is C22H24FN3O2. The lowest BCUT2D eigenvalue weighted by Gasteiger charge is -2.26. The Kier molecular flexibility index (Phi) is 6.19. The van der Waals surface area contributed by atoms with Gasteiger partial charge in [-0.3, -0.25) is 4.79 Å². The maximum Gasteiger partial charge on any atom is 0.228 e. The lowest BCUT2D eigenvalue weighted by molar-refractivity contribution is -0.132. The molecule has 0 fully saturated rings. The van der Waals surface area contributed by atoms with Crippen LogP contribution in [0.3, 0.4) is 0 Å². The van der Waals surface area contributed by atoms with Crippen molar-refractivity contribution in [3.05, 3.63) is 71.4 Å². The average Bonchev–Trinajstić information content (AvgIpc) is 3.12. The van der Waals surface area contributed by atoms with Crippen molar-refractivity contribution in [2.45, 2.75) is 39.7 Å². The van der Waals surface area contributed by atoms with E-state index in [9.17, 15) is 9.18 Å². The van der Waals surface area contributed by atoms with Crippen LogP contribution in [0.5, 0.6) is 0 Å². The zero-order valence-electron chi connectivity index (χ0n) is 16.4. The number of hydrogen-bond donors (Lipinski definition) is 0. The van der Waals surface area contributed by atoms with Crippen molar-refractivity contribution in [1.29, 1.82) is 0 Å². The second kappa shape index (κ2) is 8.78. The van der Waals surface area contributed by atoms with Gasteiger partial charge in [0.15, 0.2) is 0 Å². The largest absolute Gasteiger partial charge is 0.339 e. The molecule has 6 heteroatoms. The molecule has 0 radical (unpaired) electrons. The molecular weight excluding hydrogens is 357 g/mol. The highest BCUT2D eigenvalue weighted by molar-refractivity contribution is 5.79. The molecule has 2 aromatic carbocycles. The molecule has 0 atom stereocenters. The number of halogens is 1. The van der Waals surface area contributed by atoms with Gasteiger partial charge in [-0.15, -0.1) is 0 Å². The lowest BCUT2D eigenvalue weighted by Crippen LogP contribution is -2.39. The average molecular weight is 381 g/mol. The molecule has 1 amide bonds. The summed E-state index contributed by atoms with van der Waals surface area (Å²) >= 11 is 0. The van der Waals surface area contributed by atoms with Crippen molar-refractivity contribution in [3.8, 4) is 11.4 Å². The molecule has 5 nitrogen and oxygen atoms in total. The monoisotopic (exact) mass is 381 g/mol. The van der Waals surface area contributed by atoms with Crippen LogP contribution in [-0.4, -0.2) is 33.5 Å². The first-order valence-electron chi connectivity index (χ1n) is 9.36.